The molecule has 0 radical (unpaired) electrons. The number of benzene rings is 1. The standard InChI is InChI=1S/C14H22ClN3O2S/c1-10-13(16)7-11(15)8-14(10)21(19,20)18(3)9-12-5-4-6-17(12)2/h7-8,12H,4-6,9,16H2,1-3H3. The van der Waals surface area contributed by atoms with Crippen LogP contribution in [0.15, 0.2) is 17.0 Å². The molecule has 1 heterocycles. The van der Waals surface area contributed by atoms with Gasteiger partial charge in [-0.1, -0.05) is 11.6 Å². The molecule has 2 N–H and O–H groups in total. The number of nitrogens with zero attached hydrogens (tertiary/aromatic N) is 2. The molecule has 1 fully saturated rings. The summed E-state index contributed by atoms with van der Waals surface area (Å²) in [7, 11) is 0.0543. The maximum Gasteiger partial charge on any atom is 0.243 e. The van der Waals surface area contributed by atoms with Gasteiger partial charge in [0.25, 0.3) is 0 Å². The molecule has 1 aromatic carbocycles. The van der Waals surface area contributed by atoms with Crippen molar-refractivity contribution in [3.05, 3.63) is 22.7 Å². The molecule has 0 saturated carbocycles. The van der Waals surface area contributed by atoms with Crippen molar-refractivity contribution in [3.63, 3.8) is 0 Å². The van der Waals surface area contributed by atoms with Gasteiger partial charge in [0, 0.05) is 30.3 Å². The van der Waals surface area contributed by atoms with Gasteiger partial charge in [0.05, 0.1) is 4.90 Å². The van der Waals surface area contributed by atoms with Crippen molar-refractivity contribution in [3.8, 4) is 0 Å². The molecule has 0 bridgehead atoms. The highest BCUT2D eigenvalue weighted by atomic mass is 35.5. The van der Waals surface area contributed by atoms with Crippen molar-refractivity contribution in [1.29, 1.82) is 0 Å². The summed E-state index contributed by atoms with van der Waals surface area (Å²) in [5, 5.41) is 0.336. The number of likely N-dealkylation sites (tertiary alicyclic amines) is 1. The van der Waals surface area contributed by atoms with Crippen LogP contribution in [0.25, 0.3) is 0 Å². The number of nitrogens with two attached hydrogens (primary N) is 1. The average molecular weight is 332 g/mol. The summed E-state index contributed by atoms with van der Waals surface area (Å²) in [6.07, 6.45) is 2.13. The Morgan fingerprint density at radius 2 is 2.14 bits per heavy atom. The first kappa shape index (κ1) is 16.5. The molecule has 2 rings (SSSR count). The normalized spacial score (nSPS) is 20.3. The number of halogens is 1. The van der Waals surface area contributed by atoms with Crippen LogP contribution in [0.3, 0.4) is 0 Å². The minimum Gasteiger partial charge on any atom is -0.398 e. The van der Waals surface area contributed by atoms with E-state index in [-0.39, 0.29) is 10.9 Å². The second-order valence-corrected chi connectivity index (χ2v) is 8.13. The Hall–Kier alpha value is -0.820. The van der Waals surface area contributed by atoms with Crippen LogP contribution in [0.4, 0.5) is 5.69 Å². The predicted octanol–water partition coefficient (Wildman–Crippen LogP) is 1.95. The quantitative estimate of drug-likeness (QED) is 0.856. The summed E-state index contributed by atoms with van der Waals surface area (Å²) in [5.41, 5.74) is 6.77. The van der Waals surface area contributed by atoms with Crippen molar-refractivity contribution in [2.45, 2.75) is 30.7 Å². The molecule has 21 heavy (non-hydrogen) atoms. The van der Waals surface area contributed by atoms with E-state index in [1.807, 2.05) is 7.05 Å². The van der Waals surface area contributed by atoms with E-state index in [1.54, 1.807) is 20.0 Å². The van der Waals surface area contributed by atoms with E-state index < -0.39 is 10.0 Å². The molecule has 1 aliphatic heterocycles. The van der Waals surface area contributed by atoms with Gasteiger partial charge in [-0.2, -0.15) is 4.31 Å². The zero-order valence-electron chi connectivity index (χ0n) is 12.6. The largest absolute Gasteiger partial charge is 0.398 e. The van der Waals surface area contributed by atoms with Crippen LogP contribution in [-0.2, 0) is 10.0 Å². The SMILES string of the molecule is Cc1c(N)cc(Cl)cc1S(=O)(=O)N(C)CC1CCCN1C. The Kier molecular flexibility index (Phi) is 4.82. The van der Waals surface area contributed by atoms with Crippen LogP contribution in [-0.4, -0.2) is 50.8 Å². The molecular formula is C14H22ClN3O2S. The van der Waals surface area contributed by atoms with E-state index >= 15 is 0 Å². The lowest BCUT2D eigenvalue weighted by molar-refractivity contribution is 0.271. The first-order valence-corrected chi connectivity index (χ1v) is 8.77. The van der Waals surface area contributed by atoms with Crippen LogP contribution in [0.1, 0.15) is 18.4 Å². The molecule has 0 aromatic heterocycles. The second-order valence-electron chi connectivity index (χ2n) is 5.68. The number of hydrogen-bond donors (Lipinski definition) is 1. The molecule has 0 amide bonds. The molecule has 1 atom stereocenters. The number of sulfonamides is 1. The minimum absolute atomic E-state index is 0.190. The highest BCUT2D eigenvalue weighted by Crippen LogP contribution is 2.28. The Morgan fingerprint density at radius 3 is 2.71 bits per heavy atom. The summed E-state index contributed by atoms with van der Waals surface area (Å²) >= 11 is 5.96. The summed E-state index contributed by atoms with van der Waals surface area (Å²) in [4.78, 5) is 2.39. The van der Waals surface area contributed by atoms with E-state index in [1.165, 1.54) is 10.4 Å². The van der Waals surface area contributed by atoms with Gasteiger partial charge in [0.1, 0.15) is 0 Å². The summed E-state index contributed by atoms with van der Waals surface area (Å²) in [5.74, 6) is 0. The molecule has 1 aromatic rings. The van der Waals surface area contributed by atoms with Gasteiger partial charge in [-0.15, -0.1) is 0 Å². The maximum atomic E-state index is 12.7. The summed E-state index contributed by atoms with van der Waals surface area (Å²) in [6, 6.07) is 3.31. The van der Waals surface area contributed by atoms with Crippen LogP contribution < -0.4 is 5.73 Å². The maximum absolute atomic E-state index is 12.7. The fourth-order valence-corrected chi connectivity index (χ4v) is 4.49. The van der Waals surface area contributed by atoms with Gasteiger partial charge in [0.2, 0.25) is 10.0 Å². The van der Waals surface area contributed by atoms with E-state index in [9.17, 15) is 8.42 Å². The van der Waals surface area contributed by atoms with Gasteiger partial charge in [-0.05, 0) is 51.1 Å². The second kappa shape index (κ2) is 6.12. The molecule has 1 aliphatic rings. The number of likely N-dealkylation sites (N-methyl/N-ethyl adjacent to an activating group) is 2. The molecule has 118 valence electrons. The Balaban J connectivity index is 2.29. The van der Waals surface area contributed by atoms with E-state index in [2.05, 4.69) is 4.90 Å². The van der Waals surface area contributed by atoms with Gasteiger partial charge in [-0.3, -0.25) is 0 Å². The first-order valence-electron chi connectivity index (χ1n) is 6.95. The lowest BCUT2D eigenvalue weighted by Crippen LogP contribution is -2.39. The first-order chi connectivity index (χ1) is 9.73. The van der Waals surface area contributed by atoms with Crippen LogP contribution in [0.2, 0.25) is 5.02 Å². The van der Waals surface area contributed by atoms with Crippen LogP contribution in [0.5, 0.6) is 0 Å². The topological polar surface area (TPSA) is 66.6 Å². The van der Waals surface area contributed by atoms with Crippen molar-refractivity contribution in [2.24, 2.45) is 0 Å². The summed E-state index contributed by atoms with van der Waals surface area (Å²) in [6.45, 7) is 3.19. The van der Waals surface area contributed by atoms with Crippen molar-refractivity contribution >= 4 is 27.3 Å². The highest BCUT2D eigenvalue weighted by molar-refractivity contribution is 7.89. The van der Waals surface area contributed by atoms with Gasteiger partial charge in [-0.25, -0.2) is 8.42 Å². The Bertz CT molecular complexity index is 633. The monoisotopic (exact) mass is 331 g/mol. The van der Waals surface area contributed by atoms with Crippen LogP contribution >= 0.6 is 11.6 Å². The fraction of sp³-hybridized carbons (Fsp3) is 0.571. The Morgan fingerprint density at radius 1 is 1.48 bits per heavy atom. The number of hydrogen-bond acceptors (Lipinski definition) is 4. The average Bonchev–Trinajstić information content (AvgIpc) is 2.79. The van der Waals surface area contributed by atoms with E-state index in [4.69, 9.17) is 17.3 Å². The van der Waals surface area contributed by atoms with Crippen molar-refractivity contribution < 1.29 is 8.42 Å². The molecular weight excluding hydrogens is 310 g/mol. The zero-order valence-corrected chi connectivity index (χ0v) is 14.2. The molecule has 1 unspecified atom stereocenters. The predicted molar refractivity (Wildman–Crippen MR) is 86.1 cm³/mol. The highest BCUT2D eigenvalue weighted by Gasteiger charge is 2.29. The van der Waals surface area contributed by atoms with Gasteiger partial charge >= 0.3 is 0 Å². The minimum atomic E-state index is -3.58. The third-order valence-corrected chi connectivity index (χ3v) is 6.36. The van der Waals surface area contributed by atoms with E-state index in [0.717, 1.165) is 19.4 Å². The van der Waals surface area contributed by atoms with Crippen molar-refractivity contribution in [2.75, 3.05) is 32.9 Å². The third-order valence-electron chi connectivity index (χ3n) is 4.19. The molecule has 5 nitrogen and oxygen atoms in total. The number of rotatable bonds is 4. The molecule has 0 spiro atoms. The van der Waals surface area contributed by atoms with E-state index in [0.29, 0.717) is 22.8 Å². The molecule has 7 heteroatoms. The molecule has 0 aliphatic carbocycles. The number of nitrogen functional groups attached to an aromatic ring is 1. The van der Waals surface area contributed by atoms with Gasteiger partial charge < -0.3 is 10.6 Å². The lowest BCUT2D eigenvalue weighted by Gasteiger charge is -2.26. The summed E-state index contributed by atoms with van der Waals surface area (Å²) < 4.78 is 26.9. The van der Waals surface area contributed by atoms with Gasteiger partial charge in [0.15, 0.2) is 0 Å². The molecule has 1 saturated heterocycles. The van der Waals surface area contributed by atoms with Crippen LogP contribution in [0, 0.1) is 6.92 Å². The third kappa shape index (κ3) is 3.34. The lowest BCUT2D eigenvalue weighted by atomic mass is 10.2. The smallest absolute Gasteiger partial charge is 0.243 e. The fourth-order valence-electron chi connectivity index (χ4n) is 2.71. The zero-order chi connectivity index (χ0) is 15.8. The van der Waals surface area contributed by atoms with Crippen molar-refractivity contribution in [1.82, 2.24) is 9.21 Å². The number of anilines is 1. The Labute approximate surface area is 131 Å².